The fourth-order valence-corrected chi connectivity index (χ4v) is 3.12. The summed E-state index contributed by atoms with van der Waals surface area (Å²) >= 11 is 1.45. The number of hydrogen-bond donors (Lipinski definition) is 1. The highest BCUT2D eigenvalue weighted by Crippen LogP contribution is 2.35. The molecule has 122 valence electrons. The van der Waals surface area contributed by atoms with Crippen molar-refractivity contribution in [2.24, 2.45) is 0 Å². The lowest BCUT2D eigenvalue weighted by Crippen LogP contribution is -2.22. The Bertz CT molecular complexity index is 784. The number of thioether (sulfide) groups is 1. The van der Waals surface area contributed by atoms with Crippen molar-refractivity contribution in [3.05, 3.63) is 48.0 Å². The Balaban J connectivity index is 1.62. The molecule has 0 spiro atoms. The number of nitrogens with one attached hydrogen (secondary N) is 1. The molecule has 0 aliphatic carbocycles. The minimum absolute atomic E-state index is 0.0976. The van der Waals surface area contributed by atoms with Gasteiger partial charge in [0.2, 0.25) is 5.91 Å². The van der Waals surface area contributed by atoms with E-state index in [0.717, 1.165) is 10.6 Å². The maximum atomic E-state index is 12.3. The Morgan fingerprint density at radius 3 is 2.58 bits per heavy atom. The van der Waals surface area contributed by atoms with Crippen molar-refractivity contribution >= 4 is 23.4 Å². The van der Waals surface area contributed by atoms with Crippen molar-refractivity contribution < 1.29 is 14.3 Å². The lowest BCUT2D eigenvalue weighted by Gasteiger charge is -2.19. The van der Waals surface area contributed by atoms with E-state index >= 15 is 0 Å². The highest BCUT2D eigenvalue weighted by molar-refractivity contribution is 8.00. The Morgan fingerprint density at radius 2 is 1.88 bits per heavy atom. The SMILES string of the molecule is CC(Sc1ccc2c(c1)OCCO2)C(=O)Nc1ccc(C#N)cc1. The van der Waals surface area contributed by atoms with Gasteiger partial charge in [-0.1, -0.05) is 0 Å². The van der Waals surface area contributed by atoms with E-state index in [-0.39, 0.29) is 11.2 Å². The van der Waals surface area contributed by atoms with E-state index in [2.05, 4.69) is 5.32 Å². The van der Waals surface area contributed by atoms with E-state index in [1.54, 1.807) is 24.3 Å². The van der Waals surface area contributed by atoms with Gasteiger partial charge in [0, 0.05) is 10.6 Å². The number of nitriles is 1. The molecule has 1 aliphatic heterocycles. The summed E-state index contributed by atoms with van der Waals surface area (Å²) in [6, 6.07) is 14.5. The second kappa shape index (κ2) is 7.28. The number of nitrogens with zero attached hydrogens (tertiary/aromatic N) is 1. The summed E-state index contributed by atoms with van der Waals surface area (Å²) in [5.74, 6) is 1.35. The van der Waals surface area contributed by atoms with Gasteiger partial charge in [-0.15, -0.1) is 11.8 Å². The van der Waals surface area contributed by atoms with Crippen LogP contribution in [0, 0.1) is 11.3 Å². The minimum Gasteiger partial charge on any atom is -0.486 e. The third-order valence-electron chi connectivity index (χ3n) is 3.48. The number of hydrogen-bond acceptors (Lipinski definition) is 5. The van der Waals surface area contributed by atoms with Crippen LogP contribution in [0.15, 0.2) is 47.4 Å². The molecule has 2 aromatic carbocycles. The molecule has 0 saturated heterocycles. The van der Waals surface area contributed by atoms with Crippen molar-refractivity contribution in [2.75, 3.05) is 18.5 Å². The summed E-state index contributed by atoms with van der Waals surface area (Å²) in [7, 11) is 0. The molecule has 0 saturated carbocycles. The van der Waals surface area contributed by atoms with Gasteiger partial charge in [0.15, 0.2) is 11.5 Å². The van der Waals surface area contributed by atoms with Gasteiger partial charge in [0.05, 0.1) is 16.9 Å². The molecule has 1 aliphatic rings. The predicted molar refractivity (Wildman–Crippen MR) is 92.5 cm³/mol. The maximum absolute atomic E-state index is 12.3. The standard InChI is InChI=1S/C18H16N2O3S/c1-12(18(21)20-14-4-2-13(11-19)3-5-14)24-15-6-7-16-17(10-15)23-9-8-22-16/h2-7,10,12H,8-9H2,1H3,(H,20,21). The average molecular weight is 340 g/mol. The van der Waals surface area contributed by atoms with Crippen molar-refractivity contribution in [2.45, 2.75) is 17.1 Å². The molecule has 24 heavy (non-hydrogen) atoms. The van der Waals surface area contributed by atoms with E-state index in [9.17, 15) is 4.79 Å². The second-order valence-electron chi connectivity index (χ2n) is 5.24. The van der Waals surface area contributed by atoms with Gasteiger partial charge in [0.25, 0.3) is 0 Å². The summed E-state index contributed by atoms with van der Waals surface area (Å²) in [5.41, 5.74) is 1.24. The fourth-order valence-electron chi connectivity index (χ4n) is 2.23. The van der Waals surface area contributed by atoms with Crippen LogP contribution in [0.25, 0.3) is 0 Å². The van der Waals surface area contributed by atoms with Crippen LogP contribution in [0.1, 0.15) is 12.5 Å². The molecule has 6 heteroatoms. The summed E-state index contributed by atoms with van der Waals surface area (Å²) in [4.78, 5) is 13.3. The largest absolute Gasteiger partial charge is 0.486 e. The first-order valence-corrected chi connectivity index (χ1v) is 8.41. The molecular formula is C18H16N2O3S. The molecule has 0 aromatic heterocycles. The zero-order valence-electron chi connectivity index (χ0n) is 13.1. The van der Waals surface area contributed by atoms with E-state index in [1.807, 2.05) is 31.2 Å². The predicted octanol–water partition coefficient (Wildman–Crippen LogP) is 3.45. The van der Waals surface area contributed by atoms with Crippen LogP contribution >= 0.6 is 11.8 Å². The zero-order valence-corrected chi connectivity index (χ0v) is 13.9. The molecule has 1 amide bonds. The number of fused-ring (bicyclic) bond motifs is 1. The third-order valence-corrected chi connectivity index (χ3v) is 4.57. The molecule has 1 atom stereocenters. The molecular weight excluding hydrogens is 324 g/mol. The van der Waals surface area contributed by atoms with Crippen molar-refractivity contribution in [3.8, 4) is 17.6 Å². The van der Waals surface area contributed by atoms with Crippen LogP contribution in [0.5, 0.6) is 11.5 Å². The van der Waals surface area contributed by atoms with Crippen LogP contribution in [-0.2, 0) is 4.79 Å². The van der Waals surface area contributed by atoms with Crippen molar-refractivity contribution in [3.63, 3.8) is 0 Å². The van der Waals surface area contributed by atoms with Crippen molar-refractivity contribution in [1.82, 2.24) is 0 Å². The first-order chi connectivity index (χ1) is 11.7. The normalized spacial score (nSPS) is 13.7. The smallest absolute Gasteiger partial charge is 0.237 e. The van der Waals surface area contributed by atoms with Gasteiger partial charge in [-0.2, -0.15) is 5.26 Å². The number of rotatable bonds is 4. The Labute approximate surface area is 144 Å². The fraction of sp³-hybridized carbons (Fsp3) is 0.222. The first-order valence-electron chi connectivity index (χ1n) is 7.53. The molecule has 1 heterocycles. The van der Waals surface area contributed by atoms with Crippen molar-refractivity contribution in [1.29, 1.82) is 5.26 Å². The van der Waals surface area contributed by atoms with Crippen LogP contribution in [0.3, 0.4) is 0 Å². The van der Waals surface area contributed by atoms with Crippen LogP contribution in [-0.4, -0.2) is 24.4 Å². The molecule has 0 bridgehead atoms. The monoisotopic (exact) mass is 340 g/mol. The molecule has 2 aromatic rings. The lowest BCUT2D eigenvalue weighted by atomic mass is 10.2. The van der Waals surface area contributed by atoms with E-state index in [1.165, 1.54) is 11.8 Å². The van der Waals surface area contributed by atoms with Gasteiger partial charge in [-0.25, -0.2) is 0 Å². The highest BCUT2D eigenvalue weighted by Gasteiger charge is 2.17. The van der Waals surface area contributed by atoms with Gasteiger partial charge in [0.1, 0.15) is 13.2 Å². The summed E-state index contributed by atoms with van der Waals surface area (Å²) in [6.07, 6.45) is 0. The maximum Gasteiger partial charge on any atom is 0.237 e. The lowest BCUT2D eigenvalue weighted by molar-refractivity contribution is -0.115. The van der Waals surface area contributed by atoms with Crippen LogP contribution in [0.4, 0.5) is 5.69 Å². The number of benzene rings is 2. The zero-order chi connectivity index (χ0) is 16.9. The number of anilines is 1. The minimum atomic E-state index is -0.275. The number of carbonyl (C=O) groups excluding carboxylic acids is 1. The van der Waals surface area contributed by atoms with Gasteiger partial charge >= 0.3 is 0 Å². The summed E-state index contributed by atoms with van der Waals surface area (Å²) < 4.78 is 11.1. The van der Waals surface area contributed by atoms with E-state index in [4.69, 9.17) is 14.7 Å². The number of ether oxygens (including phenoxy) is 2. The quantitative estimate of drug-likeness (QED) is 0.863. The Hall–Kier alpha value is -2.65. The van der Waals surface area contributed by atoms with Gasteiger partial charge in [-0.3, -0.25) is 4.79 Å². The summed E-state index contributed by atoms with van der Waals surface area (Å²) in [5, 5.41) is 11.4. The second-order valence-corrected chi connectivity index (χ2v) is 6.66. The Morgan fingerprint density at radius 1 is 1.17 bits per heavy atom. The average Bonchev–Trinajstić information content (AvgIpc) is 2.62. The van der Waals surface area contributed by atoms with E-state index in [0.29, 0.717) is 30.2 Å². The molecule has 0 radical (unpaired) electrons. The molecule has 5 nitrogen and oxygen atoms in total. The van der Waals surface area contributed by atoms with Crippen LogP contribution in [0.2, 0.25) is 0 Å². The third kappa shape index (κ3) is 3.81. The number of carbonyl (C=O) groups is 1. The first kappa shape index (κ1) is 16.2. The highest BCUT2D eigenvalue weighted by atomic mass is 32.2. The molecule has 1 N–H and O–H groups in total. The number of amides is 1. The topological polar surface area (TPSA) is 71.3 Å². The van der Waals surface area contributed by atoms with Gasteiger partial charge < -0.3 is 14.8 Å². The van der Waals surface area contributed by atoms with Crippen LogP contribution < -0.4 is 14.8 Å². The van der Waals surface area contributed by atoms with E-state index < -0.39 is 0 Å². The summed E-state index contributed by atoms with van der Waals surface area (Å²) in [6.45, 7) is 2.94. The molecule has 3 rings (SSSR count). The molecule has 1 unspecified atom stereocenters. The molecule has 0 fully saturated rings. The Kier molecular flexibility index (Phi) is 4.92. The van der Waals surface area contributed by atoms with Gasteiger partial charge in [-0.05, 0) is 49.4 Å².